The summed E-state index contributed by atoms with van der Waals surface area (Å²) in [5, 5.41) is 17.1. The van der Waals surface area contributed by atoms with Crippen LogP contribution in [-0.2, 0) is 24.4 Å². The van der Waals surface area contributed by atoms with Gasteiger partial charge < -0.3 is 14.6 Å². The fourth-order valence-electron chi connectivity index (χ4n) is 2.97. The van der Waals surface area contributed by atoms with E-state index in [9.17, 15) is 4.79 Å². The minimum atomic E-state index is -0.850. The molecule has 2 aromatic carbocycles. The molecule has 0 atom stereocenters. The highest BCUT2D eigenvalue weighted by atomic mass is 127. The molecule has 0 radical (unpaired) electrons. The normalized spacial score (nSPS) is 10.8. The number of hydrogen-bond acceptors (Lipinski definition) is 5. The molecule has 0 unspecified atom stereocenters. The Morgan fingerprint density at radius 2 is 1.80 bits per heavy atom. The maximum absolute atomic E-state index is 11.0. The number of aliphatic carboxylic acids is 1. The van der Waals surface area contributed by atoms with Gasteiger partial charge in [0.25, 0.3) is 0 Å². The number of rotatable bonds is 8. The predicted octanol–water partition coefficient (Wildman–Crippen LogP) is 5.12. The number of aryl methyl sites for hydroxylation is 3. The van der Waals surface area contributed by atoms with Crippen LogP contribution in [0.4, 0.5) is 0 Å². The van der Waals surface area contributed by atoms with E-state index in [1.165, 1.54) is 0 Å². The summed E-state index contributed by atoms with van der Waals surface area (Å²) in [6.45, 7) is 7.01. The van der Waals surface area contributed by atoms with Crippen molar-refractivity contribution in [1.29, 1.82) is 0 Å². The molecule has 0 aliphatic carbocycles. The molecule has 3 rings (SSSR count). The molecule has 1 N–H and O–H groups in total. The third kappa shape index (κ3) is 5.62. The molecule has 0 saturated carbocycles. The fourth-order valence-corrected chi connectivity index (χ4v) is 4.80. The Hall–Kier alpha value is -1.89. The second kappa shape index (κ2) is 9.94. The van der Waals surface area contributed by atoms with E-state index in [1.54, 1.807) is 4.68 Å². The van der Waals surface area contributed by atoms with Crippen LogP contribution in [0.5, 0.6) is 17.2 Å². The lowest BCUT2D eigenvalue weighted by Gasteiger charge is -2.16. The highest BCUT2D eigenvalue weighted by molar-refractivity contribution is 14.1. The van der Waals surface area contributed by atoms with Gasteiger partial charge in [-0.15, -0.1) is 5.10 Å². The number of halogens is 2. The van der Waals surface area contributed by atoms with Crippen molar-refractivity contribution in [2.24, 2.45) is 0 Å². The average molecular weight is 633 g/mol. The molecular weight excluding hydrogens is 612 g/mol. The molecule has 0 bridgehead atoms. The van der Waals surface area contributed by atoms with Crippen molar-refractivity contribution in [3.8, 4) is 17.2 Å². The number of aromatic nitrogens is 3. The maximum Gasteiger partial charge on any atom is 0.307 e. The van der Waals surface area contributed by atoms with Crippen LogP contribution in [0, 0.1) is 21.0 Å². The van der Waals surface area contributed by atoms with Gasteiger partial charge >= 0.3 is 5.97 Å². The average Bonchev–Trinajstić information content (AvgIpc) is 3.11. The monoisotopic (exact) mass is 633 g/mol. The quantitative estimate of drug-likeness (QED) is 0.347. The van der Waals surface area contributed by atoms with Crippen molar-refractivity contribution in [1.82, 2.24) is 15.0 Å². The first-order chi connectivity index (χ1) is 14.3. The number of benzene rings is 2. The minimum Gasteiger partial charge on any atom is -0.486 e. The maximum atomic E-state index is 11.0. The first kappa shape index (κ1) is 22.8. The van der Waals surface area contributed by atoms with E-state index in [2.05, 4.69) is 55.5 Å². The van der Waals surface area contributed by atoms with E-state index in [-0.39, 0.29) is 6.42 Å². The number of nitrogens with zero attached hydrogens (tertiary/aromatic N) is 3. The first-order valence-electron chi connectivity index (χ1n) is 9.27. The fraction of sp³-hybridized carbons (Fsp3) is 0.286. The molecule has 0 saturated heterocycles. The second-order valence-electron chi connectivity index (χ2n) is 6.80. The van der Waals surface area contributed by atoms with Crippen LogP contribution in [0.25, 0.3) is 0 Å². The predicted molar refractivity (Wildman–Crippen MR) is 129 cm³/mol. The van der Waals surface area contributed by atoms with Gasteiger partial charge in [0, 0.05) is 6.54 Å². The van der Waals surface area contributed by atoms with Crippen molar-refractivity contribution < 1.29 is 19.4 Å². The van der Waals surface area contributed by atoms with Gasteiger partial charge in [0.2, 0.25) is 0 Å². The summed E-state index contributed by atoms with van der Waals surface area (Å²) in [6, 6.07) is 7.55. The van der Waals surface area contributed by atoms with E-state index < -0.39 is 5.97 Å². The Kier molecular flexibility index (Phi) is 7.55. The molecule has 3 aromatic rings. The molecule has 0 aliphatic rings. The lowest BCUT2D eigenvalue weighted by molar-refractivity contribution is -0.136. The van der Waals surface area contributed by atoms with Crippen molar-refractivity contribution in [3.05, 3.63) is 60.0 Å². The number of carbonyl (C=O) groups is 1. The summed E-state index contributed by atoms with van der Waals surface area (Å²) >= 11 is 4.41. The lowest BCUT2D eigenvalue weighted by atomic mass is 10.1. The van der Waals surface area contributed by atoms with Crippen molar-refractivity contribution in [3.63, 3.8) is 0 Å². The van der Waals surface area contributed by atoms with Crippen molar-refractivity contribution in [2.75, 3.05) is 0 Å². The molecular formula is C21H21I2N3O4. The van der Waals surface area contributed by atoms with Crippen molar-refractivity contribution in [2.45, 2.75) is 40.3 Å². The molecule has 9 heteroatoms. The van der Waals surface area contributed by atoms with Gasteiger partial charge in [0.05, 0.1) is 19.8 Å². The Morgan fingerprint density at radius 3 is 2.40 bits per heavy atom. The second-order valence-corrected chi connectivity index (χ2v) is 9.13. The van der Waals surface area contributed by atoms with E-state index in [0.717, 1.165) is 47.6 Å². The number of hydrogen-bond donors (Lipinski definition) is 1. The van der Waals surface area contributed by atoms with E-state index in [1.807, 2.05) is 51.2 Å². The molecule has 1 aromatic heterocycles. The van der Waals surface area contributed by atoms with E-state index in [0.29, 0.717) is 12.4 Å². The number of carboxylic acid groups (broad SMARTS) is 1. The molecule has 0 amide bonds. The van der Waals surface area contributed by atoms with Gasteiger partial charge in [-0.05, 0) is 101 Å². The largest absolute Gasteiger partial charge is 0.486 e. The summed E-state index contributed by atoms with van der Waals surface area (Å²) < 4.78 is 15.7. The molecule has 0 spiro atoms. The Labute approximate surface area is 202 Å². The number of carboxylic acids is 1. The van der Waals surface area contributed by atoms with Crippen LogP contribution in [-0.4, -0.2) is 26.1 Å². The SMILES string of the molecule is CCn1cc(COc2c(C)cc(Oc3c(C)cc(CC(=O)O)cc3I)cc2I)nn1. The van der Waals surface area contributed by atoms with E-state index in [4.69, 9.17) is 14.6 Å². The molecule has 0 fully saturated rings. The van der Waals surface area contributed by atoms with Gasteiger partial charge in [-0.1, -0.05) is 11.3 Å². The van der Waals surface area contributed by atoms with E-state index >= 15 is 0 Å². The van der Waals surface area contributed by atoms with Gasteiger partial charge in [0.1, 0.15) is 29.5 Å². The molecule has 1 heterocycles. The van der Waals surface area contributed by atoms with Gasteiger partial charge in [-0.2, -0.15) is 0 Å². The zero-order valence-corrected chi connectivity index (χ0v) is 21.1. The Morgan fingerprint density at radius 1 is 1.10 bits per heavy atom. The number of ether oxygens (including phenoxy) is 2. The lowest BCUT2D eigenvalue weighted by Crippen LogP contribution is -2.02. The zero-order chi connectivity index (χ0) is 21.8. The topological polar surface area (TPSA) is 86.5 Å². The van der Waals surface area contributed by atoms with Crippen LogP contribution in [0.3, 0.4) is 0 Å². The van der Waals surface area contributed by atoms with Gasteiger partial charge in [-0.3, -0.25) is 9.48 Å². The molecule has 0 aliphatic heterocycles. The highest BCUT2D eigenvalue weighted by Crippen LogP contribution is 2.36. The summed E-state index contributed by atoms with van der Waals surface area (Å²) in [6.07, 6.45) is 1.87. The summed E-state index contributed by atoms with van der Waals surface area (Å²) in [7, 11) is 0. The minimum absolute atomic E-state index is 0.00776. The van der Waals surface area contributed by atoms with Gasteiger partial charge in [-0.25, -0.2) is 0 Å². The smallest absolute Gasteiger partial charge is 0.307 e. The van der Waals surface area contributed by atoms with Crippen LogP contribution < -0.4 is 9.47 Å². The highest BCUT2D eigenvalue weighted by Gasteiger charge is 2.14. The summed E-state index contributed by atoms with van der Waals surface area (Å²) in [4.78, 5) is 11.0. The van der Waals surface area contributed by atoms with Crippen LogP contribution in [0.2, 0.25) is 0 Å². The third-order valence-corrected chi connectivity index (χ3v) is 5.94. The summed E-state index contributed by atoms with van der Waals surface area (Å²) in [5.74, 6) is 1.37. The first-order valence-corrected chi connectivity index (χ1v) is 11.4. The zero-order valence-electron chi connectivity index (χ0n) is 16.8. The van der Waals surface area contributed by atoms with Gasteiger partial charge in [0.15, 0.2) is 0 Å². The Bertz CT molecular complexity index is 1040. The van der Waals surface area contributed by atoms with Crippen LogP contribution in [0.1, 0.15) is 29.3 Å². The Balaban J connectivity index is 1.77. The molecule has 158 valence electrons. The third-order valence-electron chi connectivity index (χ3n) is 4.34. The van der Waals surface area contributed by atoms with Crippen LogP contribution in [0.15, 0.2) is 30.5 Å². The molecule has 7 nitrogen and oxygen atoms in total. The molecule has 30 heavy (non-hydrogen) atoms. The standard InChI is InChI=1S/C21H21I2N3O4/c1-4-26-10-15(24-25-26)11-29-20-13(3)6-16(9-18(20)23)30-21-12(2)5-14(7-17(21)22)8-19(27)28/h5-7,9-10H,4,8,11H2,1-3H3,(H,27,28). The van der Waals surface area contributed by atoms with Crippen molar-refractivity contribution >= 4 is 51.2 Å². The summed E-state index contributed by atoms with van der Waals surface area (Å²) in [5.41, 5.74) is 3.38. The van der Waals surface area contributed by atoms with Crippen LogP contribution >= 0.6 is 45.2 Å².